The predicted molar refractivity (Wildman–Crippen MR) is 231 cm³/mol. The van der Waals surface area contributed by atoms with E-state index in [0.29, 0.717) is 12.8 Å². The number of hydrogen-bond acceptors (Lipinski definition) is 8. The minimum atomic E-state index is -1.55. The molecule has 9 heteroatoms. The Kier molecular flexibility index (Phi) is 36.5. The minimum Gasteiger partial charge on any atom is -0.394 e. The monoisotopic (exact) mass is 800 g/mol. The van der Waals surface area contributed by atoms with Crippen LogP contribution < -0.4 is 5.32 Å². The fraction of sp³-hybridized carbons (Fsp3) is 0.979. The van der Waals surface area contributed by atoms with Crippen molar-refractivity contribution in [2.24, 2.45) is 0 Å². The fourth-order valence-corrected chi connectivity index (χ4v) is 8.04. The molecule has 7 atom stereocenters. The van der Waals surface area contributed by atoms with Crippen molar-refractivity contribution in [3.05, 3.63) is 0 Å². The molecule has 334 valence electrons. The van der Waals surface area contributed by atoms with Crippen LogP contribution in [-0.4, -0.2) is 87.5 Å². The van der Waals surface area contributed by atoms with Crippen LogP contribution in [0.2, 0.25) is 0 Å². The molecule has 0 bridgehead atoms. The smallest absolute Gasteiger partial charge is 0.220 e. The van der Waals surface area contributed by atoms with Gasteiger partial charge in [-0.2, -0.15) is 0 Å². The zero-order chi connectivity index (χ0) is 40.9. The molecular weight excluding hydrogens is 707 g/mol. The lowest BCUT2D eigenvalue weighted by molar-refractivity contribution is -0.302. The van der Waals surface area contributed by atoms with Crippen LogP contribution in [0.5, 0.6) is 0 Å². The van der Waals surface area contributed by atoms with Gasteiger partial charge in [0.25, 0.3) is 0 Å². The summed E-state index contributed by atoms with van der Waals surface area (Å²) < 4.78 is 11.3. The lowest BCUT2D eigenvalue weighted by atomic mass is 9.99. The number of amides is 1. The van der Waals surface area contributed by atoms with Crippen molar-refractivity contribution in [2.75, 3.05) is 13.2 Å². The van der Waals surface area contributed by atoms with Crippen molar-refractivity contribution >= 4 is 5.91 Å². The first-order valence-corrected chi connectivity index (χ1v) is 24.2. The maximum absolute atomic E-state index is 13.0. The molecule has 1 fully saturated rings. The SMILES string of the molecule is CCCCCCCCCCCCCCCCCCCCCCCCC(=O)N[C@@H](CO[C@@H]1O[C@H](CO)[C@@H](O)C(O)C1O)[C@H](O)CCCCCCCCCCCCC. The number of rotatable bonds is 41. The van der Waals surface area contributed by atoms with Gasteiger partial charge in [0, 0.05) is 6.42 Å². The molecule has 6 N–H and O–H groups in total. The molecule has 0 saturated carbocycles. The van der Waals surface area contributed by atoms with Gasteiger partial charge in [-0.3, -0.25) is 4.79 Å². The average molecular weight is 800 g/mol. The van der Waals surface area contributed by atoms with E-state index in [1.807, 2.05) is 0 Å². The summed E-state index contributed by atoms with van der Waals surface area (Å²) in [5, 5.41) is 54.3. The third-order valence-electron chi connectivity index (χ3n) is 12.0. The Morgan fingerprint density at radius 1 is 0.536 bits per heavy atom. The number of ether oxygens (including phenoxy) is 2. The largest absolute Gasteiger partial charge is 0.394 e. The highest BCUT2D eigenvalue weighted by Crippen LogP contribution is 2.23. The minimum absolute atomic E-state index is 0.132. The van der Waals surface area contributed by atoms with Crippen LogP contribution in [0.25, 0.3) is 0 Å². The molecule has 1 aliphatic rings. The lowest BCUT2D eigenvalue weighted by Gasteiger charge is -2.40. The van der Waals surface area contributed by atoms with E-state index in [0.717, 1.165) is 38.5 Å². The summed E-state index contributed by atoms with van der Waals surface area (Å²) in [4.78, 5) is 13.0. The summed E-state index contributed by atoms with van der Waals surface area (Å²) in [6.45, 7) is 3.84. The Labute approximate surface area is 344 Å². The molecule has 0 aromatic rings. The van der Waals surface area contributed by atoms with Crippen LogP contribution in [0.4, 0.5) is 0 Å². The van der Waals surface area contributed by atoms with Crippen molar-refractivity contribution in [3.8, 4) is 0 Å². The van der Waals surface area contributed by atoms with Crippen LogP contribution >= 0.6 is 0 Å². The Hall–Kier alpha value is -0.810. The number of nitrogens with one attached hydrogen (secondary N) is 1. The van der Waals surface area contributed by atoms with E-state index in [9.17, 15) is 30.3 Å². The molecular formula is C47H93NO8. The first-order valence-electron chi connectivity index (χ1n) is 24.2. The van der Waals surface area contributed by atoms with Crippen LogP contribution in [0.3, 0.4) is 0 Å². The zero-order valence-electron chi connectivity index (χ0n) is 36.7. The second-order valence-electron chi connectivity index (χ2n) is 17.3. The van der Waals surface area contributed by atoms with E-state index in [1.54, 1.807) is 0 Å². The van der Waals surface area contributed by atoms with E-state index < -0.39 is 49.5 Å². The van der Waals surface area contributed by atoms with Gasteiger partial charge in [0.2, 0.25) is 5.91 Å². The number of unbranched alkanes of at least 4 members (excludes halogenated alkanes) is 31. The number of carbonyl (C=O) groups excluding carboxylic acids is 1. The molecule has 9 nitrogen and oxygen atoms in total. The van der Waals surface area contributed by atoms with E-state index in [-0.39, 0.29) is 12.5 Å². The first kappa shape index (κ1) is 53.2. The van der Waals surface area contributed by atoms with E-state index >= 15 is 0 Å². The summed E-state index contributed by atoms with van der Waals surface area (Å²) >= 11 is 0. The van der Waals surface area contributed by atoms with Gasteiger partial charge in [0.1, 0.15) is 24.4 Å². The Bertz CT molecular complexity index is 847. The summed E-state index contributed by atoms with van der Waals surface area (Å²) in [6, 6.07) is -0.710. The third-order valence-corrected chi connectivity index (χ3v) is 12.0. The second kappa shape index (κ2) is 38.4. The first-order chi connectivity index (χ1) is 27.3. The maximum atomic E-state index is 13.0. The van der Waals surface area contributed by atoms with Crippen molar-refractivity contribution in [3.63, 3.8) is 0 Å². The van der Waals surface area contributed by atoms with Crippen molar-refractivity contribution in [1.29, 1.82) is 0 Å². The normalized spacial score (nSPS) is 21.0. The average Bonchev–Trinajstić information content (AvgIpc) is 3.20. The number of aliphatic hydroxyl groups excluding tert-OH is 5. The molecule has 0 aromatic carbocycles. The van der Waals surface area contributed by atoms with Gasteiger partial charge in [-0.1, -0.05) is 219 Å². The molecule has 2 unspecified atom stereocenters. The van der Waals surface area contributed by atoms with Crippen LogP contribution in [0.15, 0.2) is 0 Å². The van der Waals surface area contributed by atoms with Crippen LogP contribution in [0, 0.1) is 0 Å². The van der Waals surface area contributed by atoms with Crippen LogP contribution in [0.1, 0.15) is 239 Å². The van der Waals surface area contributed by atoms with Gasteiger partial charge < -0.3 is 40.3 Å². The van der Waals surface area contributed by atoms with E-state index in [1.165, 1.54) is 173 Å². The molecule has 1 aliphatic heterocycles. The maximum Gasteiger partial charge on any atom is 0.220 e. The lowest BCUT2D eigenvalue weighted by Crippen LogP contribution is -2.60. The zero-order valence-corrected chi connectivity index (χ0v) is 36.7. The van der Waals surface area contributed by atoms with Gasteiger partial charge in [-0.25, -0.2) is 0 Å². The second-order valence-corrected chi connectivity index (χ2v) is 17.3. The number of hydrogen-bond donors (Lipinski definition) is 6. The van der Waals surface area contributed by atoms with Crippen molar-refractivity contribution < 1.29 is 39.8 Å². The van der Waals surface area contributed by atoms with Crippen molar-refractivity contribution in [1.82, 2.24) is 5.32 Å². The summed E-state index contributed by atoms with van der Waals surface area (Å²) in [6.07, 6.45) is 35.5. The third kappa shape index (κ3) is 28.6. The van der Waals surface area contributed by atoms with Gasteiger partial charge >= 0.3 is 0 Å². The van der Waals surface area contributed by atoms with Gasteiger partial charge in [-0.05, 0) is 12.8 Å². The van der Waals surface area contributed by atoms with Gasteiger partial charge in [0.05, 0.1) is 25.4 Å². The molecule has 1 heterocycles. The molecule has 0 spiro atoms. The molecule has 0 aromatic heterocycles. The van der Waals surface area contributed by atoms with Gasteiger partial charge in [-0.15, -0.1) is 0 Å². The molecule has 0 aliphatic carbocycles. The molecule has 56 heavy (non-hydrogen) atoms. The van der Waals surface area contributed by atoms with Crippen LogP contribution in [-0.2, 0) is 14.3 Å². The summed E-state index contributed by atoms with van der Waals surface area (Å²) in [5.74, 6) is -0.140. The van der Waals surface area contributed by atoms with E-state index in [2.05, 4.69) is 19.2 Å². The highest BCUT2D eigenvalue weighted by molar-refractivity contribution is 5.76. The molecule has 0 radical (unpaired) electrons. The highest BCUT2D eigenvalue weighted by Gasteiger charge is 2.44. The Balaban J connectivity index is 2.22. The Morgan fingerprint density at radius 3 is 1.27 bits per heavy atom. The standard InChI is InChI=1S/C47H93NO8/c1-3-5-7-9-11-13-15-16-17-18-19-20-21-22-23-24-25-27-29-31-33-35-37-43(51)48-40(39-55-47-46(54)45(53)44(52)42(38-49)56-47)41(50)36-34-32-30-28-26-14-12-10-8-6-4-2/h40-42,44-47,49-50,52-54H,3-39H2,1-2H3,(H,48,51)/t40-,41+,42+,44+,45?,46?,47+/m0/s1. The van der Waals surface area contributed by atoms with Gasteiger partial charge in [0.15, 0.2) is 6.29 Å². The van der Waals surface area contributed by atoms with E-state index in [4.69, 9.17) is 9.47 Å². The molecule has 1 amide bonds. The molecule has 1 saturated heterocycles. The summed E-state index contributed by atoms with van der Waals surface area (Å²) in [7, 11) is 0. The van der Waals surface area contributed by atoms with Crippen molar-refractivity contribution in [2.45, 2.75) is 281 Å². The molecule has 1 rings (SSSR count). The predicted octanol–water partition coefficient (Wildman–Crippen LogP) is 10.3. The highest BCUT2D eigenvalue weighted by atomic mass is 16.7. The topological polar surface area (TPSA) is 149 Å². The number of aliphatic hydroxyl groups is 5. The Morgan fingerprint density at radius 2 is 0.893 bits per heavy atom. The summed E-state index contributed by atoms with van der Waals surface area (Å²) in [5.41, 5.74) is 0. The number of carbonyl (C=O) groups is 1. The fourth-order valence-electron chi connectivity index (χ4n) is 8.04. The quantitative estimate of drug-likeness (QED) is 0.0335.